The quantitative estimate of drug-likeness (QED) is 0.607. The predicted molar refractivity (Wildman–Crippen MR) is 120 cm³/mol. The van der Waals surface area contributed by atoms with E-state index in [-0.39, 0.29) is 30.0 Å². The molecule has 1 aliphatic rings. The number of ether oxygens (including phenoxy) is 1. The molecule has 3 aromatic rings. The average molecular weight is 444 g/mol. The molecule has 31 heavy (non-hydrogen) atoms. The van der Waals surface area contributed by atoms with Crippen LogP contribution < -0.4 is 15.4 Å². The molecule has 0 spiro atoms. The summed E-state index contributed by atoms with van der Waals surface area (Å²) < 4.78 is 19.2. The van der Waals surface area contributed by atoms with Crippen LogP contribution in [0.5, 0.6) is 5.75 Å². The highest BCUT2D eigenvalue weighted by Crippen LogP contribution is 2.34. The summed E-state index contributed by atoms with van der Waals surface area (Å²) in [5.41, 5.74) is 7.59. The van der Waals surface area contributed by atoms with E-state index in [1.54, 1.807) is 43.6 Å². The van der Waals surface area contributed by atoms with Crippen LogP contribution in [0.3, 0.4) is 0 Å². The van der Waals surface area contributed by atoms with Crippen LogP contribution in [0, 0.1) is 11.7 Å². The second kappa shape index (κ2) is 9.31. The highest BCUT2D eigenvalue weighted by atomic mass is 35.5. The molecular formula is C23H23ClFN3O3. The normalized spacial score (nSPS) is 14.2. The number of benzene rings is 2. The van der Waals surface area contributed by atoms with Crippen molar-refractivity contribution in [3.05, 3.63) is 65.6 Å². The first kappa shape index (κ1) is 22.5. The van der Waals surface area contributed by atoms with E-state index in [1.807, 2.05) is 4.90 Å². The second-order valence-electron chi connectivity index (χ2n) is 7.40. The largest absolute Gasteiger partial charge is 0.497 e. The van der Waals surface area contributed by atoms with Crippen molar-refractivity contribution in [3.63, 3.8) is 0 Å². The Hall–Kier alpha value is -3.19. The van der Waals surface area contributed by atoms with Gasteiger partial charge in [0.15, 0.2) is 5.78 Å². The van der Waals surface area contributed by atoms with E-state index in [4.69, 9.17) is 10.5 Å². The Morgan fingerprint density at radius 2 is 1.81 bits per heavy atom. The number of anilines is 1. The van der Waals surface area contributed by atoms with Crippen molar-refractivity contribution in [2.24, 2.45) is 11.7 Å². The first-order chi connectivity index (χ1) is 14.5. The van der Waals surface area contributed by atoms with E-state index in [1.165, 1.54) is 12.1 Å². The van der Waals surface area contributed by atoms with E-state index >= 15 is 0 Å². The number of hydrogen-bond acceptors (Lipinski definition) is 5. The number of amides is 1. The molecule has 0 unspecified atom stereocenters. The Bertz CT molecular complexity index is 1110. The number of piperidine rings is 1. The van der Waals surface area contributed by atoms with Gasteiger partial charge in [-0.1, -0.05) is 0 Å². The lowest BCUT2D eigenvalue weighted by molar-refractivity contribution is -0.122. The van der Waals surface area contributed by atoms with Crippen LogP contribution in [0.15, 0.2) is 48.7 Å². The topological polar surface area (TPSA) is 85.5 Å². The van der Waals surface area contributed by atoms with Crippen LogP contribution in [-0.2, 0) is 4.79 Å². The monoisotopic (exact) mass is 443 g/mol. The maximum Gasteiger partial charge on any atom is 0.220 e. The summed E-state index contributed by atoms with van der Waals surface area (Å²) in [6, 6.07) is 11.2. The van der Waals surface area contributed by atoms with E-state index in [2.05, 4.69) is 4.98 Å². The molecule has 1 fully saturated rings. The van der Waals surface area contributed by atoms with E-state index in [0.29, 0.717) is 59.4 Å². The smallest absolute Gasteiger partial charge is 0.220 e. The van der Waals surface area contributed by atoms with Crippen LogP contribution in [-0.4, -0.2) is 36.9 Å². The molecule has 0 radical (unpaired) electrons. The molecule has 1 aromatic heterocycles. The van der Waals surface area contributed by atoms with Crippen molar-refractivity contribution < 1.29 is 18.7 Å². The van der Waals surface area contributed by atoms with Gasteiger partial charge in [0.25, 0.3) is 0 Å². The lowest BCUT2D eigenvalue weighted by atomic mass is 9.93. The number of hydrogen-bond donors (Lipinski definition) is 1. The van der Waals surface area contributed by atoms with Crippen LogP contribution in [0.1, 0.15) is 28.8 Å². The molecule has 2 heterocycles. The minimum absolute atomic E-state index is 0. The number of carbonyl (C=O) groups is 2. The Kier molecular flexibility index (Phi) is 6.75. The van der Waals surface area contributed by atoms with Crippen LogP contribution in [0.2, 0.25) is 0 Å². The number of fused-ring (bicyclic) bond motifs is 1. The lowest BCUT2D eigenvalue weighted by Gasteiger charge is -2.34. The molecule has 1 aliphatic heterocycles. The molecule has 0 atom stereocenters. The molecule has 0 bridgehead atoms. The van der Waals surface area contributed by atoms with Gasteiger partial charge < -0.3 is 15.4 Å². The van der Waals surface area contributed by atoms with Crippen molar-refractivity contribution in [1.29, 1.82) is 0 Å². The second-order valence-corrected chi connectivity index (χ2v) is 7.40. The molecule has 1 saturated heterocycles. The van der Waals surface area contributed by atoms with E-state index in [9.17, 15) is 14.0 Å². The predicted octanol–water partition coefficient (Wildman–Crippen LogP) is 3.74. The molecule has 1 amide bonds. The standard InChI is InChI=1S/C23H22FN3O3.ClH/c1-30-17-5-2-14(3-6-17)22(28)19-13-26-20-7-4-16(24)12-18(20)21(19)27-10-8-15(9-11-27)23(25)29;/h2-7,12-13,15H,8-11H2,1H3,(H2,25,29);1H. The maximum absolute atomic E-state index is 14.1. The minimum Gasteiger partial charge on any atom is -0.497 e. The van der Waals surface area contributed by atoms with Gasteiger partial charge in [-0.05, 0) is 55.3 Å². The van der Waals surface area contributed by atoms with Crippen molar-refractivity contribution in [2.45, 2.75) is 12.8 Å². The van der Waals surface area contributed by atoms with Crippen molar-refractivity contribution in [2.75, 3.05) is 25.1 Å². The van der Waals surface area contributed by atoms with Crippen LogP contribution >= 0.6 is 12.4 Å². The molecule has 8 heteroatoms. The first-order valence-corrected chi connectivity index (χ1v) is 9.79. The molecule has 0 saturated carbocycles. The fourth-order valence-electron chi connectivity index (χ4n) is 3.94. The zero-order valence-electron chi connectivity index (χ0n) is 17.0. The third-order valence-electron chi connectivity index (χ3n) is 5.61. The minimum atomic E-state index is -0.397. The van der Waals surface area contributed by atoms with Gasteiger partial charge in [0.2, 0.25) is 5.91 Å². The Morgan fingerprint density at radius 1 is 1.13 bits per heavy atom. The third-order valence-corrected chi connectivity index (χ3v) is 5.61. The first-order valence-electron chi connectivity index (χ1n) is 9.79. The number of primary amides is 1. The fourth-order valence-corrected chi connectivity index (χ4v) is 3.94. The number of pyridine rings is 1. The summed E-state index contributed by atoms with van der Waals surface area (Å²) in [7, 11) is 1.56. The van der Waals surface area contributed by atoms with Gasteiger partial charge in [0.1, 0.15) is 11.6 Å². The average Bonchev–Trinajstić information content (AvgIpc) is 2.78. The summed E-state index contributed by atoms with van der Waals surface area (Å²) in [4.78, 5) is 31.3. The Labute approximate surface area is 185 Å². The van der Waals surface area contributed by atoms with Gasteiger partial charge in [0.05, 0.1) is 23.9 Å². The molecule has 2 N–H and O–H groups in total. The van der Waals surface area contributed by atoms with Crippen molar-refractivity contribution in [3.8, 4) is 5.75 Å². The molecular weight excluding hydrogens is 421 g/mol. The molecule has 4 rings (SSSR count). The summed E-state index contributed by atoms with van der Waals surface area (Å²) in [6.07, 6.45) is 2.72. The summed E-state index contributed by atoms with van der Waals surface area (Å²) in [5.74, 6) is -0.449. The Balaban J connectivity index is 0.00000272. The molecule has 6 nitrogen and oxygen atoms in total. The lowest BCUT2D eigenvalue weighted by Crippen LogP contribution is -2.39. The maximum atomic E-state index is 14.1. The van der Waals surface area contributed by atoms with Gasteiger partial charge in [0, 0.05) is 36.2 Å². The number of aromatic nitrogens is 1. The van der Waals surface area contributed by atoms with Crippen molar-refractivity contribution in [1.82, 2.24) is 4.98 Å². The molecule has 2 aromatic carbocycles. The SMILES string of the molecule is COc1ccc(C(=O)c2cnc3ccc(F)cc3c2N2CCC(C(N)=O)CC2)cc1.Cl. The number of rotatable bonds is 5. The van der Waals surface area contributed by atoms with E-state index in [0.717, 1.165) is 0 Å². The van der Waals surface area contributed by atoms with Crippen molar-refractivity contribution >= 4 is 40.7 Å². The zero-order valence-corrected chi connectivity index (χ0v) is 17.8. The summed E-state index contributed by atoms with van der Waals surface area (Å²) in [6.45, 7) is 1.10. The highest BCUT2D eigenvalue weighted by molar-refractivity contribution is 6.16. The zero-order chi connectivity index (χ0) is 21.3. The number of halogens is 2. The van der Waals surface area contributed by atoms with Gasteiger partial charge in [-0.15, -0.1) is 12.4 Å². The number of ketones is 1. The van der Waals surface area contributed by atoms with Gasteiger partial charge in [-0.2, -0.15) is 0 Å². The van der Waals surface area contributed by atoms with Gasteiger partial charge in [-0.3, -0.25) is 14.6 Å². The number of nitrogens with two attached hydrogens (primary N) is 1. The number of carbonyl (C=O) groups excluding carboxylic acids is 2. The Morgan fingerprint density at radius 3 is 2.42 bits per heavy atom. The summed E-state index contributed by atoms with van der Waals surface area (Å²) >= 11 is 0. The molecule has 0 aliphatic carbocycles. The number of nitrogens with zero attached hydrogens (tertiary/aromatic N) is 2. The molecule has 162 valence electrons. The van der Waals surface area contributed by atoms with Gasteiger partial charge >= 0.3 is 0 Å². The van der Waals surface area contributed by atoms with Crippen LogP contribution in [0.4, 0.5) is 10.1 Å². The third kappa shape index (κ3) is 4.46. The number of methoxy groups -OCH3 is 1. The fraction of sp³-hybridized carbons (Fsp3) is 0.261. The highest BCUT2D eigenvalue weighted by Gasteiger charge is 2.28. The summed E-state index contributed by atoms with van der Waals surface area (Å²) in [5, 5.41) is 0.576. The van der Waals surface area contributed by atoms with E-state index < -0.39 is 5.82 Å². The van der Waals surface area contributed by atoms with Gasteiger partial charge in [-0.25, -0.2) is 4.39 Å². The van der Waals surface area contributed by atoms with Crippen LogP contribution in [0.25, 0.3) is 10.9 Å².